The molecular weight excluding hydrogens is 246 g/mol. The largest absolute Gasteiger partial charge is 0.391 e. The lowest BCUT2D eigenvalue weighted by Crippen LogP contribution is -2.40. The van der Waals surface area contributed by atoms with Crippen LogP contribution in [0.5, 0.6) is 0 Å². The van der Waals surface area contributed by atoms with Gasteiger partial charge in [0, 0.05) is 12.1 Å². The van der Waals surface area contributed by atoms with E-state index in [1.165, 1.54) is 0 Å². The molecule has 19 heavy (non-hydrogen) atoms. The van der Waals surface area contributed by atoms with Gasteiger partial charge in [0.15, 0.2) is 0 Å². The number of carbonyl (C=O) groups is 1. The maximum absolute atomic E-state index is 11.7. The molecule has 0 aromatic carbocycles. The van der Waals surface area contributed by atoms with Gasteiger partial charge in [0.2, 0.25) is 0 Å². The minimum absolute atomic E-state index is 0.186. The lowest BCUT2D eigenvalue weighted by molar-refractivity contribution is 0.160. The average molecular weight is 269 g/mol. The number of amides is 2. The summed E-state index contributed by atoms with van der Waals surface area (Å²) < 4.78 is 5.07. The summed E-state index contributed by atoms with van der Waals surface area (Å²) >= 11 is 0. The molecule has 0 fully saturated rings. The fourth-order valence-electron chi connectivity index (χ4n) is 2.07. The van der Waals surface area contributed by atoms with Gasteiger partial charge in [-0.3, -0.25) is 0 Å². The minimum atomic E-state index is -0.495. The number of hydrogen-bond acceptors (Lipinski definition) is 4. The Balaban J connectivity index is 2.44. The van der Waals surface area contributed by atoms with Gasteiger partial charge in [-0.25, -0.2) is 4.79 Å². The fraction of sp³-hybridized carbons (Fsp3) is 0.692. The number of nitrogens with zero attached hydrogens (tertiary/aromatic N) is 1. The van der Waals surface area contributed by atoms with Crippen molar-refractivity contribution in [2.24, 2.45) is 0 Å². The Hall–Kier alpha value is -1.56. The zero-order chi connectivity index (χ0) is 14.4. The molecule has 0 bridgehead atoms. The van der Waals surface area contributed by atoms with Crippen LogP contribution in [0.2, 0.25) is 0 Å². The number of aromatic nitrogens is 1. The van der Waals surface area contributed by atoms with E-state index in [-0.39, 0.29) is 18.6 Å². The van der Waals surface area contributed by atoms with Gasteiger partial charge < -0.3 is 20.3 Å². The van der Waals surface area contributed by atoms with E-state index >= 15 is 0 Å². The third-order valence-corrected chi connectivity index (χ3v) is 2.99. The highest BCUT2D eigenvalue weighted by Crippen LogP contribution is 2.20. The summed E-state index contributed by atoms with van der Waals surface area (Å²) in [7, 11) is 0. The Kier molecular flexibility index (Phi) is 5.82. The van der Waals surface area contributed by atoms with E-state index in [4.69, 9.17) is 4.52 Å². The predicted octanol–water partition coefficient (Wildman–Crippen LogP) is 1.81. The Morgan fingerprint density at radius 3 is 2.68 bits per heavy atom. The van der Waals surface area contributed by atoms with E-state index < -0.39 is 6.10 Å². The molecule has 6 heteroatoms. The second kappa shape index (κ2) is 7.13. The fourth-order valence-corrected chi connectivity index (χ4v) is 2.07. The van der Waals surface area contributed by atoms with Crippen molar-refractivity contribution >= 4 is 6.03 Å². The molecule has 3 N–H and O–H groups in total. The van der Waals surface area contributed by atoms with E-state index in [0.29, 0.717) is 12.2 Å². The number of aryl methyl sites for hydroxylation is 2. The third-order valence-electron chi connectivity index (χ3n) is 2.99. The first-order valence-corrected chi connectivity index (χ1v) is 6.60. The lowest BCUT2D eigenvalue weighted by Gasteiger charge is -2.16. The highest BCUT2D eigenvalue weighted by atomic mass is 16.5. The van der Waals surface area contributed by atoms with Crippen molar-refractivity contribution in [3.8, 4) is 0 Å². The van der Waals surface area contributed by atoms with Crippen LogP contribution < -0.4 is 10.6 Å². The van der Waals surface area contributed by atoms with Gasteiger partial charge in [0.05, 0.1) is 17.8 Å². The second-order valence-corrected chi connectivity index (χ2v) is 4.76. The van der Waals surface area contributed by atoms with Gasteiger partial charge in [-0.2, -0.15) is 0 Å². The zero-order valence-electron chi connectivity index (χ0n) is 12.0. The van der Waals surface area contributed by atoms with Crippen LogP contribution in [-0.2, 0) is 0 Å². The molecule has 108 valence electrons. The van der Waals surface area contributed by atoms with Gasteiger partial charge in [0.25, 0.3) is 0 Å². The van der Waals surface area contributed by atoms with Crippen LogP contribution in [0.1, 0.15) is 49.7 Å². The number of hydrogen-bond donors (Lipinski definition) is 3. The Morgan fingerprint density at radius 1 is 1.47 bits per heavy atom. The van der Waals surface area contributed by atoms with Crippen molar-refractivity contribution in [3.05, 3.63) is 17.0 Å². The molecule has 0 aliphatic rings. The molecule has 0 radical (unpaired) electrons. The van der Waals surface area contributed by atoms with Crippen LogP contribution in [0.15, 0.2) is 4.52 Å². The molecule has 0 saturated carbocycles. The summed E-state index contributed by atoms with van der Waals surface area (Å²) in [5.41, 5.74) is 1.67. The summed E-state index contributed by atoms with van der Waals surface area (Å²) in [5.74, 6) is 0.705. The first-order chi connectivity index (χ1) is 8.95. The third kappa shape index (κ3) is 4.55. The van der Waals surface area contributed by atoms with Crippen molar-refractivity contribution in [2.45, 2.75) is 52.7 Å². The molecule has 0 aliphatic heterocycles. The molecule has 2 atom stereocenters. The Labute approximate surface area is 113 Å². The standard InChI is InChI=1S/C13H23N3O3/c1-5-6-11(17)7-14-13(18)15-8(2)12-9(3)16-19-10(12)4/h8,11,17H,5-7H2,1-4H3,(H2,14,15,18). The highest BCUT2D eigenvalue weighted by molar-refractivity contribution is 5.74. The molecule has 2 amide bonds. The van der Waals surface area contributed by atoms with E-state index in [0.717, 1.165) is 17.7 Å². The maximum atomic E-state index is 11.7. The quantitative estimate of drug-likeness (QED) is 0.735. The molecule has 1 heterocycles. The number of aliphatic hydroxyl groups is 1. The van der Waals surface area contributed by atoms with E-state index in [2.05, 4.69) is 15.8 Å². The summed E-state index contributed by atoms with van der Waals surface area (Å²) in [6.07, 6.45) is 1.07. The summed E-state index contributed by atoms with van der Waals surface area (Å²) in [6.45, 7) is 7.77. The van der Waals surface area contributed by atoms with Gasteiger partial charge in [-0.05, 0) is 27.2 Å². The normalized spacial score (nSPS) is 13.9. The van der Waals surface area contributed by atoms with Crippen LogP contribution in [-0.4, -0.2) is 28.9 Å². The number of urea groups is 1. The second-order valence-electron chi connectivity index (χ2n) is 4.76. The Bertz CT molecular complexity index is 398. The summed E-state index contributed by atoms with van der Waals surface area (Å²) in [4.78, 5) is 11.7. The molecular formula is C13H23N3O3. The summed E-state index contributed by atoms with van der Waals surface area (Å²) in [5, 5.41) is 18.8. The number of nitrogens with one attached hydrogen (secondary N) is 2. The van der Waals surface area contributed by atoms with Gasteiger partial charge >= 0.3 is 6.03 Å². The van der Waals surface area contributed by atoms with Crippen molar-refractivity contribution < 1.29 is 14.4 Å². The monoisotopic (exact) mass is 269 g/mol. The van der Waals surface area contributed by atoms with Crippen LogP contribution in [0, 0.1) is 13.8 Å². The molecule has 1 aromatic heterocycles. The first-order valence-electron chi connectivity index (χ1n) is 6.60. The number of carbonyl (C=O) groups excluding carboxylic acids is 1. The first kappa shape index (κ1) is 15.5. The Morgan fingerprint density at radius 2 is 2.16 bits per heavy atom. The molecule has 0 aliphatic carbocycles. The van der Waals surface area contributed by atoms with Gasteiger partial charge in [-0.1, -0.05) is 18.5 Å². The molecule has 1 aromatic rings. The van der Waals surface area contributed by atoms with Crippen LogP contribution in [0.4, 0.5) is 4.79 Å². The van der Waals surface area contributed by atoms with E-state index in [1.54, 1.807) is 0 Å². The molecule has 6 nitrogen and oxygen atoms in total. The summed E-state index contributed by atoms with van der Waals surface area (Å²) in [6, 6.07) is -0.489. The van der Waals surface area contributed by atoms with Crippen molar-refractivity contribution in [2.75, 3.05) is 6.54 Å². The SMILES string of the molecule is CCCC(O)CNC(=O)NC(C)c1c(C)noc1C. The molecule has 0 spiro atoms. The van der Waals surface area contributed by atoms with Crippen molar-refractivity contribution in [1.82, 2.24) is 15.8 Å². The highest BCUT2D eigenvalue weighted by Gasteiger charge is 2.18. The van der Waals surface area contributed by atoms with E-state index in [9.17, 15) is 9.90 Å². The predicted molar refractivity (Wildman–Crippen MR) is 71.8 cm³/mol. The van der Waals surface area contributed by atoms with Gasteiger partial charge in [-0.15, -0.1) is 0 Å². The van der Waals surface area contributed by atoms with E-state index in [1.807, 2.05) is 27.7 Å². The number of rotatable bonds is 6. The topological polar surface area (TPSA) is 87.4 Å². The maximum Gasteiger partial charge on any atom is 0.315 e. The molecule has 0 saturated heterocycles. The minimum Gasteiger partial charge on any atom is -0.391 e. The van der Waals surface area contributed by atoms with Crippen LogP contribution >= 0.6 is 0 Å². The van der Waals surface area contributed by atoms with Gasteiger partial charge in [0.1, 0.15) is 5.76 Å². The molecule has 1 rings (SSSR count). The smallest absolute Gasteiger partial charge is 0.315 e. The van der Waals surface area contributed by atoms with Crippen LogP contribution in [0.25, 0.3) is 0 Å². The molecule has 2 unspecified atom stereocenters. The van der Waals surface area contributed by atoms with Crippen molar-refractivity contribution in [3.63, 3.8) is 0 Å². The van der Waals surface area contributed by atoms with Crippen LogP contribution in [0.3, 0.4) is 0 Å². The number of aliphatic hydroxyl groups excluding tert-OH is 1. The van der Waals surface area contributed by atoms with Crippen molar-refractivity contribution in [1.29, 1.82) is 0 Å². The zero-order valence-corrected chi connectivity index (χ0v) is 12.0. The average Bonchev–Trinajstić information content (AvgIpc) is 2.67. The lowest BCUT2D eigenvalue weighted by atomic mass is 10.1.